The van der Waals surface area contributed by atoms with Crippen molar-refractivity contribution >= 4 is 11.8 Å². The Kier molecular flexibility index (Phi) is 4.34. The summed E-state index contributed by atoms with van der Waals surface area (Å²) in [5.74, 6) is -0.889. The van der Waals surface area contributed by atoms with E-state index in [1.54, 1.807) is 60.7 Å². The van der Waals surface area contributed by atoms with Crippen LogP contribution in [0.25, 0.3) is 0 Å². The second-order valence-corrected chi connectivity index (χ2v) is 4.64. The normalized spacial score (nSPS) is 11.8. The first-order chi connectivity index (χ1) is 10.0. The van der Waals surface area contributed by atoms with Crippen LogP contribution in [0.3, 0.4) is 0 Å². The molecule has 21 heavy (non-hydrogen) atoms. The van der Waals surface area contributed by atoms with Gasteiger partial charge in [-0.25, -0.2) is 5.48 Å². The molecule has 7 nitrogen and oxygen atoms in total. The van der Waals surface area contributed by atoms with Crippen molar-refractivity contribution in [2.24, 2.45) is 7.05 Å². The van der Waals surface area contributed by atoms with Crippen molar-refractivity contribution in [2.45, 2.75) is 13.0 Å². The molecule has 0 aliphatic carbocycles. The van der Waals surface area contributed by atoms with Crippen LogP contribution in [0.4, 0.5) is 0 Å². The highest BCUT2D eigenvalue weighted by molar-refractivity contribution is 5.94. The minimum Gasteiger partial charge on any atom is -0.344 e. The first-order valence-corrected chi connectivity index (χ1v) is 6.36. The van der Waals surface area contributed by atoms with Crippen LogP contribution in [0.15, 0.2) is 36.5 Å². The fourth-order valence-electron chi connectivity index (χ4n) is 1.90. The molecule has 0 saturated heterocycles. The number of hydroxylamine groups is 1. The number of nitrogens with zero attached hydrogens (tertiary/aromatic N) is 2. The van der Waals surface area contributed by atoms with Crippen molar-refractivity contribution in [1.29, 1.82) is 0 Å². The summed E-state index contributed by atoms with van der Waals surface area (Å²) >= 11 is 0. The predicted molar refractivity (Wildman–Crippen MR) is 74.8 cm³/mol. The number of rotatable bonds is 4. The molecule has 1 aromatic carbocycles. The Morgan fingerprint density at radius 3 is 2.67 bits per heavy atom. The maximum atomic E-state index is 12.0. The summed E-state index contributed by atoms with van der Waals surface area (Å²) in [5, 5.41) is 15.5. The van der Waals surface area contributed by atoms with Crippen LogP contribution in [-0.2, 0) is 7.05 Å². The quantitative estimate of drug-likeness (QED) is 0.578. The largest absolute Gasteiger partial charge is 0.344 e. The molecule has 2 amide bonds. The van der Waals surface area contributed by atoms with Crippen LogP contribution in [0.5, 0.6) is 0 Å². The first kappa shape index (κ1) is 14.7. The highest BCUT2D eigenvalue weighted by Gasteiger charge is 2.14. The molecule has 1 unspecified atom stereocenters. The summed E-state index contributed by atoms with van der Waals surface area (Å²) in [6.45, 7) is 1.80. The Balaban J connectivity index is 2.11. The van der Waals surface area contributed by atoms with Gasteiger partial charge in [-0.15, -0.1) is 0 Å². The van der Waals surface area contributed by atoms with E-state index in [1.165, 1.54) is 0 Å². The fourth-order valence-corrected chi connectivity index (χ4v) is 1.90. The molecule has 0 aliphatic heterocycles. The molecule has 1 atom stereocenters. The third kappa shape index (κ3) is 3.46. The number of carbonyl (C=O) groups is 2. The standard InChI is InChI=1S/C14H16N4O3/c1-9(15-14(20)12-6-7-18(2)16-12)10-4-3-5-11(8-10)13(19)17-21/h3-9,21H,1-2H3,(H,15,20)(H,17,19). The van der Waals surface area contributed by atoms with Crippen molar-refractivity contribution in [2.75, 3.05) is 0 Å². The Labute approximate surface area is 121 Å². The predicted octanol–water partition coefficient (Wildman–Crippen LogP) is 1.03. The fraction of sp³-hybridized carbons (Fsp3) is 0.214. The molecule has 2 rings (SSSR count). The van der Waals surface area contributed by atoms with Gasteiger partial charge in [-0.3, -0.25) is 19.5 Å². The first-order valence-electron chi connectivity index (χ1n) is 6.36. The van der Waals surface area contributed by atoms with Crippen molar-refractivity contribution in [3.63, 3.8) is 0 Å². The molecule has 0 saturated carbocycles. The number of aromatic nitrogens is 2. The SMILES string of the molecule is CC(NC(=O)c1ccn(C)n1)c1cccc(C(=O)NO)c1. The van der Waals surface area contributed by atoms with E-state index in [1.807, 2.05) is 0 Å². The summed E-state index contributed by atoms with van der Waals surface area (Å²) in [6, 6.07) is 7.97. The van der Waals surface area contributed by atoms with E-state index in [-0.39, 0.29) is 11.9 Å². The van der Waals surface area contributed by atoms with Crippen LogP contribution < -0.4 is 10.8 Å². The van der Waals surface area contributed by atoms with E-state index in [2.05, 4.69) is 10.4 Å². The van der Waals surface area contributed by atoms with Crippen molar-refractivity contribution < 1.29 is 14.8 Å². The van der Waals surface area contributed by atoms with Gasteiger partial charge in [0.1, 0.15) is 5.69 Å². The smallest absolute Gasteiger partial charge is 0.274 e. The Bertz CT molecular complexity index is 666. The number of nitrogens with one attached hydrogen (secondary N) is 2. The topological polar surface area (TPSA) is 96.2 Å². The van der Waals surface area contributed by atoms with E-state index in [0.29, 0.717) is 11.3 Å². The second kappa shape index (κ2) is 6.19. The maximum absolute atomic E-state index is 12.0. The van der Waals surface area contributed by atoms with Gasteiger partial charge in [0, 0.05) is 18.8 Å². The average molecular weight is 288 g/mol. The van der Waals surface area contributed by atoms with Crippen molar-refractivity contribution in [1.82, 2.24) is 20.6 Å². The van der Waals surface area contributed by atoms with Gasteiger partial charge in [0.15, 0.2) is 0 Å². The third-order valence-corrected chi connectivity index (χ3v) is 3.04. The van der Waals surface area contributed by atoms with E-state index < -0.39 is 5.91 Å². The highest BCUT2D eigenvalue weighted by atomic mass is 16.5. The zero-order valence-corrected chi connectivity index (χ0v) is 11.7. The van der Waals surface area contributed by atoms with Crippen LogP contribution in [0.1, 0.15) is 39.4 Å². The summed E-state index contributed by atoms with van der Waals surface area (Å²) in [5.41, 5.74) is 2.97. The Morgan fingerprint density at radius 1 is 1.29 bits per heavy atom. The van der Waals surface area contributed by atoms with Gasteiger partial charge in [-0.1, -0.05) is 12.1 Å². The zero-order chi connectivity index (χ0) is 15.4. The van der Waals surface area contributed by atoms with E-state index in [4.69, 9.17) is 5.21 Å². The Morgan fingerprint density at radius 2 is 2.05 bits per heavy atom. The van der Waals surface area contributed by atoms with E-state index in [0.717, 1.165) is 5.56 Å². The minimum atomic E-state index is -0.597. The monoisotopic (exact) mass is 288 g/mol. The third-order valence-electron chi connectivity index (χ3n) is 3.04. The van der Waals surface area contributed by atoms with Gasteiger partial charge in [0.25, 0.3) is 11.8 Å². The lowest BCUT2D eigenvalue weighted by Gasteiger charge is -2.14. The molecule has 3 N–H and O–H groups in total. The van der Waals surface area contributed by atoms with Gasteiger partial charge < -0.3 is 5.32 Å². The van der Waals surface area contributed by atoms with Crippen LogP contribution in [0.2, 0.25) is 0 Å². The van der Waals surface area contributed by atoms with Gasteiger partial charge in [0.05, 0.1) is 6.04 Å². The van der Waals surface area contributed by atoms with Gasteiger partial charge in [0.2, 0.25) is 0 Å². The number of hydrogen-bond acceptors (Lipinski definition) is 4. The van der Waals surface area contributed by atoms with Crippen LogP contribution in [-0.4, -0.2) is 26.8 Å². The molecule has 0 aliphatic rings. The minimum absolute atomic E-state index is 0.292. The van der Waals surface area contributed by atoms with Crippen molar-refractivity contribution in [3.8, 4) is 0 Å². The molecule has 1 heterocycles. The van der Waals surface area contributed by atoms with Crippen LogP contribution in [0, 0.1) is 0 Å². The van der Waals surface area contributed by atoms with Gasteiger partial charge >= 0.3 is 0 Å². The molecule has 0 bridgehead atoms. The van der Waals surface area contributed by atoms with Gasteiger partial charge in [-0.2, -0.15) is 5.10 Å². The summed E-state index contributed by atoms with van der Waals surface area (Å²) in [7, 11) is 1.73. The highest BCUT2D eigenvalue weighted by Crippen LogP contribution is 2.15. The molecule has 0 spiro atoms. The molecule has 2 aromatic rings. The molecule has 0 fully saturated rings. The summed E-state index contributed by atoms with van der Waals surface area (Å²) in [4.78, 5) is 23.4. The lowest BCUT2D eigenvalue weighted by Crippen LogP contribution is -2.27. The average Bonchev–Trinajstić information content (AvgIpc) is 2.93. The lowest BCUT2D eigenvalue weighted by atomic mass is 10.0. The van der Waals surface area contributed by atoms with E-state index >= 15 is 0 Å². The maximum Gasteiger partial charge on any atom is 0.274 e. The van der Waals surface area contributed by atoms with Crippen LogP contribution >= 0.6 is 0 Å². The number of benzene rings is 1. The number of carbonyl (C=O) groups excluding carboxylic acids is 2. The van der Waals surface area contributed by atoms with Crippen molar-refractivity contribution in [3.05, 3.63) is 53.3 Å². The second-order valence-electron chi connectivity index (χ2n) is 4.64. The summed E-state index contributed by atoms with van der Waals surface area (Å²) in [6.07, 6.45) is 1.69. The number of amides is 2. The zero-order valence-electron chi connectivity index (χ0n) is 11.7. The molecular weight excluding hydrogens is 272 g/mol. The van der Waals surface area contributed by atoms with Gasteiger partial charge in [-0.05, 0) is 30.7 Å². The molecule has 1 aromatic heterocycles. The number of hydrogen-bond donors (Lipinski definition) is 3. The molecular formula is C14H16N4O3. The number of aryl methyl sites for hydroxylation is 1. The summed E-state index contributed by atoms with van der Waals surface area (Å²) < 4.78 is 1.55. The molecule has 7 heteroatoms. The lowest BCUT2D eigenvalue weighted by molar-refractivity contribution is 0.0706. The van der Waals surface area contributed by atoms with E-state index in [9.17, 15) is 9.59 Å². The Hall–Kier alpha value is -2.67. The molecule has 0 radical (unpaired) electrons. The molecule has 110 valence electrons.